The Hall–Kier alpha value is -2.63. The largest absolute Gasteiger partial charge is 0.722 e. The minimum absolute atomic E-state index is 0.236. The summed E-state index contributed by atoms with van der Waals surface area (Å²) in [7, 11) is 4.06. The highest BCUT2D eigenvalue weighted by Gasteiger charge is 2.25. The molecule has 0 bridgehead atoms. The molecule has 1 N–H and O–H groups in total. The molecule has 1 rings (SSSR count). The minimum atomic E-state index is -5.42. The van der Waals surface area contributed by atoms with E-state index in [0.29, 0.717) is 17.8 Å². The van der Waals surface area contributed by atoms with Gasteiger partial charge in [-0.25, -0.2) is 12.8 Å². The molecule has 0 fully saturated rings. The summed E-state index contributed by atoms with van der Waals surface area (Å²) in [5.41, 5.74) is -0.538. The number of methoxy groups -OCH3 is 6. The Labute approximate surface area is 297 Å². The molecule has 0 aliphatic rings. The number of hydrogen-bond acceptors (Lipinski definition) is 17. The van der Waals surface area contributed by atoms with Gasteiger partial charge in [-0.15, -0.1) is 3.89 Å². The molecule has 1 heterocycles. The van der Waals surface area contributed by atoms with Crippen molar-refractivity contribution in [3.63, 3.8) is 0 Å². The first-order chi connectivity index (χ1) is 23.4. The van der Waals surface area contributed by atoms with Gasteiger partial charge >= 0.3 is 5.97 Å². The van der Waals surface area contributed by atoms with Gasteiger partial charge in [0.05, 0.1) is 25.0 Å². The van der Waals surface area contributed by atoms with Crippen LogP contribution in [-0.2, 0) is 48.5 Å². The number of rotatable bonds is 20. The summed E-state index contributed by atoms with van der Waals surface area (Å²) >= 11 is 0. The molecule has 50 heavy (non-hydrogen) atoms. The third kappa shape index (κ3) is 27.1. The molecule has 1 aromatic heterocycles. The number of anilines is 3. The monoisotopic (exact) mass is 753 g/mol. The summed E-state index contributed by atoms with van der Waals surface area (Å²) in [6.07, 6.45) is -0.623. The molecule has 0 amide bonds. The first-order valence-corrected chi connectivity index (χ1v) is 16.9. The number of nitrogens with one attached hydrogen (secondary N) is 1. The van der Waals surface area contributed by atoms with Crippen molar-refractivity contribution >= 4 is 34.3 Å². The van der Waals surface area contributed by atoms with Crippen LogP contribution >= 0.6 is 0 Å². The second-order valence-corrected chi connectivity index (χ2v) is 12.0. The van der Waals surface area contributed by atoms with Gasteiger partial charge in [0.15, 0.2) is 0 Å². The van der Waals surface area contributed by atoms with Crippen molar-refractivity contribution in [3.05, 3.63) is 0 Å². The van der Waals surface area contributed by atoms with E-state index in [2.05, 4.69) is 35.7 Å². The lowest BCUT2D eigenvalue weighted by Crippen LogP contribution is -3.11. The van der Waals surface area contributed by atoms with Crippen molar-refractivity contribution < 1.29 is 64.1 Å². The maximum Gasteiger partial charge on any atom is 0.311 e. The normalized spacial score (nSPS) is 11.6. The SMILES string of the molecule is CC(CF)OC(=O)C(C)(C)C.CC[NH+](CC)CC.COCN(COC)c1nc(N(COC)COC)nc(N(COC)COC)n1.O=S(=O)([O-])F. The predicted octanol–water partition coefficient (Wildman–Crippen LogP) is 1.20. The fourth-order valence-electron chi connectivity index (χ4n) is 3.30. The standard InChI is InChI=1S/C15H30N6O6.C8H15FO2.C6H15N.FHO3S/c1-22-7-19(8-23-2)13-16-14(20(9-24-3)10-25-4)18-15(17-13)21(11-26-5)12-27-6;1-6(5-9)11-7(10)8(2,3)4;1-4-7(5-2)6-3;1-5(2,3)4/h7-12H2,1-6H3;6H,5H2,1-4H3;4-6H2,1-3H3;(H,2,3,4). The van der Waals surface area contributed by atoms with E-state index in [4.69, 9.17) is 46.1 Å². The maximum atomic E-state index is 11.9. The number of nitrogens with zero attached hydrogens (tertiary/aromatic N) is 6. The van der Waals surface area contributed by atoms with Crippen LogP contribution in [0.25, 0.3) is 0 Å². The Bertz CT molecular complexity index is 975. The average molecular weight is 754 g/mol. The maximum absolute atomic E-state index is 11.9. The number of aromatic nitrogens is 3. The molecule has 1 unspecified atom stereocenters. The van der Waals surface area contributed by atoms with Crippen molar-refractivity contribution in [1.82, 2.24) is 15.0 Å². The van der Waals surface area contributed by atoms with Crippen LogP contribution in [0.5, 0.6) is 0 Å². The van der Waals surface area contributed by atoms with E-state index in [1.807, 2.05) is 0 Å². The Kier molecular flexibility index (Phi) is 31.1. The summed E-state index contributed by atoms with van der Waals surface area (Å²) in [4.78, 5) is 31.4. The van der Waals surface area contributed by atoms with Gasteiger partial charge < -0.3 is 42.6 Å². The van der Waals surface area contributed by atoms with Crippen LogP contribution in [0.2, 0.25) is 0 Å². The first-order valence-electron chi connectivity index (χ1n) is 15.6. The zero-order valence-corrected chi connectivity index (χ0v) is 32.8. The van der Waals surface area contributed by atoms with Gasteiger partial charge in [0, 0.05) is 42.7 Å². The molecule has 0 spiro atoms. The molecule has 0 saturated heterocycles. The third-order valence-electron chi connectivity index (χ3n) is 5.80. The zero-order valence-electron chi connectivity index (χ0n) is 32.0. The van der Waals surface area contributed by atoms with Crippen molar-refractivity contribution in [3.8, 4) is 0 Å². The molecular formula is C29H61F2N7O11S. The van der Waals surface area contributed by atoms with E-state index < -0.39 is 28.7 Å². The number of carbonyl (C=O) groups is 1. The van der Waals surface area contributed by atoms with Gasteiger partial charge in [0.2, 0.25) is 17.8 Å². The second kappa shape index (κ2) is 30.0. The molecule has 1 atom stereocenters. The van der Waals surface area contributed by atoms with Crippen molar-refractivity contribution in [1.29, 1.82) is 0 Å². The number of ether oxygens (including phenoxy) is 7. The number of esters is 1. The molecular weight excluding hydrogens is 692 g/mol. The molecule has 298 valence electrons. The van der Waals surface area contributed by atoms with Crippen molar-refractivity contribution in [2.24, 2.45) is 5.41 Å². The molecule has 21 heteroatoms. The van der Waals surface area contributed by atoms with Crippen LogP contribution < -0.4 is 19.6 Å². The van der Waals surface area contributed by atoms with E-state index in [9.17, 15) is 13.1 Å². The molecule has 0 aliphatic carbocycles. The van der Waals surface area contributed by atoms with Gasteiger partial charge in [-0.2, -0.15) is 15.0 Å². The van der Waals surface area contributed by atoms with Crippen molar-refractivity contribution in [2.75, 3.05) is 124 Å². The lowest BCUT2D eigenvalue weighted by molar-refractivity contribution is -0.894. The van der Waals surface area contributed by atoms with E-state index in [1.165, 1.54) is 26.6 Å². The van der Waals surface area contributed by atoms with Gasteiger partial charge in [-0.05, 0) is 48.5 Å². The lowest BCUT2D eigenvalue weighted by atomic mass is 9.97. The number of hydrogen-bond donors (Lipinski definition) is 1. The molecule has 0 radical (unpaired) electrons. The topological polar surface area (TPSA) is 192 Å². The van der Waals surface area contributed by atoms with Gasteiger partial charge in [-0.1, -0.05) is 0 Å². The highest BCUT2D eigenvalue weighted by molar-refractivity contribution is 7.80. The summed E-state index contributed by atoms with van der Waals surface area (Å²) in [5, 5.41) is 0. The van der Waals surface area contributed by atoms with Crippen LogP contribution in [0.15, 0.2) is 0 Å². The smallest absolute Gasteiger partial charge is 0.311 e. The Morgan fingerprint density at radius 1 is 0.720 bits per heavy atom. The summed E-state index contributed by atoms with van der Waals surface area (Å²) in [5.74, 6) is 0.747. The highest BCUT2D eigenvalue weighted by atomic mass is 32.3. The number of carbonyl (C=O) groups excluding carboxylic acids is 1. The Morgan fingerprint density at radius 3 is 1.10 bits per heavy atom. The van der Waals surface area contributed by atoms with Crippen LogP contribution in [0.4, 0.5) is 26.1 Å². The third-order valence-corrected chi connectivity index (χ3v) is 5.80. The quantitative estimate of drug-likeness (QED) is 0.0864. The van der Waals surface area contributed by atoms with E-state index in [1.54, 1.807) is 83.0 Å². The van der Waals surface area contributed by atoms with Gasteiger partial charge in [0.25, 0.3) is 10.5 Å². The van der Waals surface area contributed by atoms with Crippen LogP contribution in [0.3, 0.4) is 0 Å². The van der Waals surface area contributed by atoms with Gasteiger partial charge in [-0.3, -0.25) is 19.5 Å². The Balaban J connectivity index is -0.000000780. The Morgan fingerprint density at radius 2 is 0.960 bits per heavy atom. The fraction of sp³-hybridized carbons (Fsp3) is 0.862. The highest BCUT2D eigenvalue weighted by Crippen LogP contribution is 2.20. The second-order valence-electron chi connectivity index (χ2n) is 11.2. The zero-order chi connectivity index (χ0) is 39.3. The minimum Gasteiger partial charge on any atom is -0.722 e. The van der Waals surface area contributed by atoms with Crippen molar-refractivity contribution in [2.45, 2.75) is 54.6 Å². The molecule has 0 aromatic carbocycles. The number of halogens is 2. The molecule has 0 aliphatic heterocycles. The number of alkyl halides is 1. The molecule has 18 nitrogen and oxygen atoms in total. The lowest BCUT2D eigenvalue weighted by Gasteiger charge is -2.27. The summed E-state index contributed by atoms with van der Waals surface area (Å²) in [6.45, 7) is 18.0. The van der Waals surface area contributed by atoms with E-state index in [0.717, 1.165) is 0 Å². The van der Waals surface area contributed by atoms with Crippen LogP contribution in [0.1, 0.15) is 48.5 Å². The summed E-state index contributed by atoms with van der Waals surface area (Å²) < 4.78 is 83.3. The van der Waals surface area contributed by atoms with E-state index in [-0.39, 0.29) is 46.4 Å². The molecule has 0 saturated carbocycles. The first kappa shape index (κ1) is 51.7. The van der Waals surface area contributed by atoms with Gasteiger partial charge in [0.1, 0.15) is 53.2 Å². The number of quaternary nitrogens is 1. The molecule has 1 aromatic rings. The van der Waals surface area contributed by atoms with E-state index >= 15 is 0 Å². The van der Waals surface area contributed by atoms with Crippen LogP contribution in [-0.4, -0.2) is 149 Å². The predicted molar refractivity (Wildman–Crippen MR) is 183 cm³/mol. The van der Waals surface area contributed by atoms with Crippen LogP contribution in [0, 0.1) is 5.41 Å². The summed E-state index contributed by atoms with van der Waals surface area (Å²) in [6, 6.07) is 0. The fourth-order valence-corrected chi connectivity index (χ4v) is 3.30. The average Bonchev–Trinajstić information content (AvgIpc) is 3.04.